The average molecular weight is 340 g/mol. The second-order valence-electron chi connectivity index (χ2n) is 6.36. The zero-order valence-electron chi connectivity index (χ0n) is 11.8. The molecule has 1 unspecified atom stereocenters. The topological polar surface area (TPSA) is 47.6 Å². The van der Waals surface area contributed by atoms with E-state index in [1.165, 1.54) is 0 Å². The normalized spacial score (nSPS) is 23.3. The monoisotopic (exact) mass is 339 g/mol. The van der Waals surface area contributed by atoms with Crippen molar-refractivity contribution in [1.82, 2.24) is 5.32 Å². The Morgan fingerprint density at radius 3 is 2.70 bits per heavy atom. The first-order valence-electron chi connectivity index (χ1n) is 6.72. The number of ether oxygens (including phenoxy) is 2. The van der Waals surface area contributed by atoms with Crippen LogP contribution in [0.4, 0.5) is 0 Å². The smallest absolute Gasteiger partial charge is 0.340 e. The predicted octanol–water partition coefficient (Wildman–Crippen LogP) is 2.66. The Kier molecular flexibility index (Phi) is 3.19. The van der Waals surface area contributed by atoms with Crippen LogP contribution in [0.1, 0.15) is 38.0 Å². The van der Waals surface area contributed by atoms with Crippen molar-refractivity contribution < 1.29 is 14.3 Å². The van der Waals surface area contributed by atoms with Crippen molar-refractivity contribution in [3.63, 3.8) is 0 Å². The number of hydrogen-bond donors (Lipinski definition) is 1. The molecule has 4 nitrogen and oxygen atoms in total. The number of benzene rings is 1. The molecule has 1 fully saturated rings. The summed E-state index contributed by atoms with van der Waals surface area (Å²) in [5.41, 5.74) is 1.13. The number of carbonyl (C=O) groups excluding carboxylic acids is 1. The Bertz CT molecular complexity index is 561. The van der Waals surface area contributed by atoms with Gasteiger partial charge in [-0.15, -0.1) is 0 Å². The van der Waals surface area contributed by atoms with Gasteiger partial charge in [0.25, 0.3) is 0 Å². The number of carbonyl (C=O) groups is 1. The van der Waals surface area contributed by atoms with Crippen molar-refractivity contribution >= 4 is 21.9 Å². The average Bonchev–Trinajstić information content (AvgIpc) is 2.60. The van der Waals surface area contributed by atoms with Crippen molar-refractivity contribution in [2.24, 2.45) is 0 Å². The Morgan fingerprint density at radius 2 is 2.15 bits per heavy atom. The fourth-order valence-electron chi connectivity index (χ4n) is 2.67. The van der Waals surface area contributed by atoms with E-state index < -0.39 is 11.7 Å². The molecular formula is C15H18BrNO3. The highest BCUT2D eigenvalue weighted by molar-refractivity contribution is 9.10. The standard InChI is InChI=1S/C15H18BrNO3/c1-14(2,3)20-13(18)12-10-6-9(16)4-5-11(10)15(19-12)7-17-8-15/h4-6,12,17H,7-8H2,1-3H3. The Hall–Kier alpha value is -0.910. The first-order chi connectivity index (χ1) is 9.31. The van der Waals surface area contributed by atoms with Crippen LogP contribution in [0.5, 0.6) is 0 Å². The molecule has 0 aliphatic carbocycles. The molecule has 1 aromatic carbocycles. The molecule has 1 aromatic rings. The Balaban J connectivity index is 1.95. The molecule has 3 rings (SSSR count). The molecule has 1 spiro atoms. The van der Waals surface area contributed by atoms with E-state index in [0.29, 0.717) is 0 Å². The predicted molar refractivity (Wildman–Crippen MR) is 78.4 cm³/mol. The van der Waals surface area contributed by atoms with Gasteiger partial charge in [-0.1, -0.05) is 22.0 Å². The maximum absolute atomic E-state index is 12.4. The van der Waals surface area contributed by atoms with E-state index in [-0.39, 0.29) is 11.6 Å². The largest absolute Gasteiger partial charge is 0.458 e. The van der Waals surface area contributed by atoms with Gasteiger partial charge >= 0.3 is 5.97 Å². The van der Waals surface area contributed by atoms with E-state index in [0.717, 1.165) is 28.7 Å². The number of hydrogen-bond acceptors (Lipinski definition) is 4. The van der Waals surface area contributed by atoms with Crippen LogP contribution in [0.3, 0.4) is 0 Å². The van der Waals surface area contributed by atoms with Crippen molar-refractivity contribution in [3.8, 4) is 0 Å². The maximum Gasteiger partial charge on any atom is 0.340 e. The third kappa shape index (κ3) is 2.28. The zero-order chi connectivity index (χ0) is 14.5. The van der Waals surface area contributed by atoms with Gasteiger partial charge in [-0.3, -0.25) is 0 Å². The van der Waals surface area contributed by atoms with Crippen LogP contribution < -0.4 is 5.32 Å². The van der Waals surface area contributed by atoms with Crippen molar-refractivity contribution in [3.05, 3.63) is 33.8 Å². The number of halogens is 1. The van der Waals surface area contributed by atoms with E-state index >= 15 is 0 Å². The molecule has 0 radical (unpaired) electrons. The van der Waals surface area contributed by atoms with Gasteiger partial charge in [0.1, 0.15) is 11.2 Å². The molecule has 1 saturated heterocycles. The minimum absolute atomic E-state index is 0.319. The summed E-state index contributed by atoms with van der Waals surface area (Å²) in [6.07, 6.45) is -0.635. The van der Waals surface area contributed by atoms with E-state index in [1.807, 2.05) is 39.0 Å². The van der Waals surface area contributed by atoms with Crippen LogP contribution in [0.2, 0.25) is 0 Å². The number of rotatable bonds is 1. The number of esters is 1. The fraction of sp³-hybridized carbons (Fsp3) is 0.533. The molecule has 0 bridgehead atoms. The SMILES string of the molecule is CC(C)(C)OC(=O)C1OC2(CNC2)c2ccc(Br)cc21. The van der Waals surface area contributed by atoms with Gasteiger partial charge in [0.05, 0.1) is 0 Å². The molecule has 2 heterocycles. The van der Waals surface area contributed by atoms with E-state index in [2.05, 4.69) is 21.2 Å². The lowest BCUT2D eigenvalue weighted by molar-refractivity contribution is -0.182. The van der Waals surface area contributed by atoms with Crippen molar-refractivity contribution in [1.29, 1.82) is 0 Å². The summed E-state index contributed by atoms with van der Waals surface area (Å²) in [5.74, 6) is -0.319. The lowest BCUT2D eigenvalue weighted by Gasteiger charge is -2.39. The number of fused-ring (bicyclic) bond motifs is 2. The summed E-state index contributed by atoms with van der Waals surface area (Å²) >= 11 is 3.46. The Morgan fingerprint density at radius 1 is 1.45 bits per heavy atom. The van der Waals surface area contributed by atoms with E-state index in [4.69, 9.17) is 9.47 Å². The molecule has 1 N–H and O–H groups in total. The molecule has 0 saturated carbocycles. The van der Waals surface area contributed by atoms with Crippen molar-refractivity contribution in [2.45, 2.75) is 38.1 Å². The minimum Gasteiger partial charge on any atom is -0.458 e. The maximum atomic E-state index is 12.4. The summed E-state index contributed by atoms with van der Waals surface area (Å²) in [6, 6.07) is 5.97. The molecule has 5 heteroatoms. The van der Waals surface area contributed by atoms with E-state index in [1.54, 1.807) is 0 Å². The second-order valence-corrected chi connectivity index (χ2v) is 7.28. The first kappa shape index (κ1) is 14.0. The summed E-state index contributed by atoms with van der Waals surface area (Å²) in [6.45, 7) is 7.06. The summed E-state index contributed by atoms with van der Waals surface area (Å²) in [5, 5.41) is 3.22. The number of nitrogens with one attached hydrogen (secondary N) is 1. The van der Waals surface area contributed by atoms with Gasteiger partial charge in [-0.25, -0.2) is 4.79 Å². The lowest BCUT2D eigenvalue weighted by Crippen LogP contribution is -2.57. The highest BCUT2D eigenvalue weighted by Crippen LogP contribution is 2.47. The van der Waals surface area contributed by atoms with Crippen LogP contribution in [-0.2, 0) is 19.9 Å². The molecule has 20 heavy (non-hydrogen) atoms. The summed E-state index contributed by atoms with van der Waals surface area (Å²) in [4.78, 5) is 12.4. The fourth-order valence-corrected chi connectivity index (χ4v) is 3.05. The molecular weight excluding hydrogens is 322 g/mol. The highest BCUT2D eigenvalue weighted by atomic mass is 79.9. The third-order valence-electron chi connectivity index (χ3n) is 3.57. The van der Waals surface area contributed by atoms with Crippen LogP contribution in [-0.4, -0.2) is 24.7 Å². The Labute approximate surface area is 127 Å². The first-order valence-corrected chi connectivity index (χ1v) is 7.51. The highest BCUT2D eigenvalue weighted by Gasteiger charge is 2.52. The van der Waals surface area contributed by atoms with Gasteiger partial charge in [0.2, 0.25) is 0 Å². The molecule has 0 aromatic heterocycles. The second kappa shape index (κ2) is 4.55. The van der Waals surface area contributed by atoms with Gasteiger partial charge in [-0.05, 0) is 44.0 Å². The summed E-state index contributed by atoms with van der Waals surface area (Å²) < 4.78 is 12.5. The third-order valence-corrected chi connectivity index (χ3v) is 4.07. The van der Waals surface area contributed by atoms with Gasteiger partial charge in [0, 0.05) is 17.6 Å². The van der Waals surface area contributed by atoms with Gasteiger partial charge < -0.3 is 14.8 Å². The van der Waals surface area contributed by atoms with Crippen LogP contribution in [0, 0.1) is 0 Å². The van der Waals surface area contributed by atoms with Crippen LogP contribution in [0.25, 0.3) is 0 Å². The summed E-state index contributed by atoms with van der Waals surface area (Å²) in [7, 11) is 0. The lowest BCUT2D eigenvalue weighted by atomic mass is 9.87. The van der Waals surface area contributed by atoms with Crippen LogP contribution >= 0.6 is 15.9 Å². The molecule has 1 atom stereocenters. The molecule has 2 aliphatic heterocycles. The minimum atomic E-state index is -0.635. The molecule has 0 amide bonds. The van der Waals surface area contributed by atoms with Crippen molar-refractivity contribution in [2.75, 3.05) is 13.1 Å². The zero-order valence-corrected chi connectivity index (χ0v) is 13.4. The quantitative estimate of drug-likeness (QED) is 0.799. The van der Waals surface area contributed by atoms with Crippen LogP contribution in [0.15, 0.2) is 22.7 Å². The molecule has 2 aliphatic rings. The van der Waals surface area contributed by atoms with E-state index in [9.17, 15) is 4.79 Å². The van der Waals surface area contributed by atoms with Gasteiger partial charge in [-0.2, -0.15) is 0 Å². The van der Waals surface area contributed by atoms with Gasteiger partial charge in [0.15, 0.2) is 6.10 Å². The molecule has 108 valence electrons.